The summed E-state index contributed by atoms with van der Waals surface area (Å²) in [6, 6.07) is 3.91. The Morgan fingerprint density at radius 1 is 1.30 bits per heavy atom. The molecule has 1 N–H and O–H groups in total. The molecule has 2 aromatic rings. The molecule has 0 amide bonds. The predicted molar refractivity (Wildman–Crippen MR) is 77.4 cm³/mol. The van der Waals surface area contributed by atoms with Crippen LogP contribution in [0.1, 0.15) is 12.5 Å². The van der Waals surface area contributed by atoms with Crippen LogP contribution in [0.2, 0.25) is 0 Å². The number of hydrogen-bond donors (Lipinski definition) is 1. The lowest BCUT2D eigenvalue weighted by atomic mass is 10.2. The van der Waals surface area contributed by atoms with E-state index in [0.29, 0.717) is 24.9 Å². The number of hydrogen-bond acceptors (Lipinski definition) is 5. The zero-order valence-corrected chi connectivity index (χ0v) is 11.7. The molecule has 2 rings (SSSR count). The van der Waals surface area contributed by atoms with Crippen molar-refractivity contribution in [3.05, 3.63) is 42.1 Å². The van der Waals surface area contributed by atoms with Crippen LogP contribution in [0.5, 0.6) is 0 Å². The zero-order valence-electron chi connectivity index (χ0n) is 11.7. The summed E-state index contributed by atoms with van der Waals surface area (Å²) in [6.45, 7) is 3.31. The van der Waals surface area contributed by atoms with Crippen LogP contribution in [0.15, 0.2) is 30.7 Å². The molecule has 0 aromatic carbocycles. The molecule has 0 fully saturated rings. The van der Waals surface area contributed by atoms with Crippen LogP contribution < -0.4 is 10.2 Å². The first-order valence-corrected chi connectivity index (χ1v) is 6.57. The van der Waals surface area contributed by atoms with Crippen LogP contribution in [0.25, 0.3) is 0 Å². The quantitative estimate of drug-likeness (QED) is 0.875. The summed E-state index contributed by atoms with van der Waals surface area (Å²) < 4.78 is 13.8. The Labute approximate surface area is 117 Å². The molecule has 2 aromatic heterocycles. The van der Waals surface area contributed by atoms with Crippen molar-refractivity contribution in [3.63, 3.8) is 0 Å². The Bertz CT molecular complexity index is 547. The molecule has 106 valence electrons. The maximum Gasteiger partial charge on any atom is 0.224 e. The summed E-state index contributed by atoms with van der Waals surface area (Å²) in [5.74, 6) is 0.341. The topological polar surface area (TPSA) is 53.9 Å². The molecule has 0 aliphatic rings. The Kier molecular flexibility index (Phi) is 4.81. The van der Waals surface area contributed by atoms with E-state index in [9.17, 15) is 4.39 Å². The van der Waals surface area contributed by atoms with E-state index in [1.165, 1.54) is 6.20 Å². The van der Waals surface area contributed by atoms with Gasteiger partial charge in [-0.15, -0.1) is 0 Å². The first-order chi connectivity index (χ1) is 9.70. The third-order valence-electron chi connectivity index (χ3n) is 2.91. The number of nitrogens with one attached hydrogen (secondary N) is 1. The van der Waals surface area contributed by atoms with E-state index in [-0.39, 0.29) is 0 Å². The van der Waals surface area contributed by atoms with Gasteiger partial charge in [0.25, 0.3) is 0 Å². The molecule has 0 aliphatic heterocycles. The van der Waals surface area contributed by atoms with Crippen LogP contribution in [-0.4, -0.2) is 35.1 Å². The Balaban J connectivity index is 2.04. The second-order valence-electron chi connectivity index (χ2n) is 4.42. The SMILES string of the molecule is CCNc1ncc(F)c(N(C)CCc2ccncc2)n1. The summed E-state index contributed by atoms with van der Waals surface area (Å²) in [7, 11) is 1.82. The van der Waals surface area contributed by atoms with Crippen molar-refractivity contribution in [1.29, 1.82) is 0 Å². The van der Waals surface area contributed by atoms with Crippen LogP contribution >= 0.6 is 0 Å². The summed E-state index contributed by atoms with van der Waals surface area (Å²) in [5.41, 5.74) is 1.16. The molecule has 0 aliphatic carbocycles. The average molecular weight is 275 g/mol. The highest BCUT2D eigenvalue weighted by Crippen LogP contribution is 2.16. The fourth-order valence-corrected chi connectivity index (χ4v) is 1.82. The molecular weight excluding hydrogens is 257 g/mol. The number of nitrogens with zero attached hydrogens (tertiary/aromatic N) is 4. The molecule has 2 heterocycles. The molecule has 0 spiro atoms. The van der Waals surface area contributed by atoms with E-state index in [4.69, 9.17) is 0 Å². The third kappa shape index (κ3) is 3.63. The number of rotatable bonds is 6. The zero-order chi connectivity index (χ0) is 14.4. The Morgan fingerprint density at radius 3 is 2.75 bits per heavy atom. The van der Waals surface area contributed by atoms with E-state index in [2.05, 4.69) is 20.3 Å². The van der Waals surface area contributed by atoms with Gasteiger partial charge in [-0.2, -0.15) is 4.98 Å². The van der Waals surface area contributed by atoms with Gasteiger partial charge in [0.05, 0.1) is 6.20 Å². The van der Waals surface area contributed by atoms with Gasteiger partial charge in [0.1, 0.15) is 0 Å². The molecule has 0 bridgehead atoms. The molecule has 0 radical (unpaired) electrons. The molecular formula is C14H18FN5. The van der Waals surface area contributed by atoms with Crippen LogP contribution in [-0.2, 0) is 6.42 Å². The number of anilines is 2. The summed E-state index contributed by atoms with van der Waals surface area (Å²) in [6.07, 6.45) is 5.51. The van der Waals surface area contributed by atoms with Gasteiger partial charge in [-0.05, 0) is 31.0 Å². The Morgan fingerprint density at radius 2 is 2.05 bits per heavy atom. The molecule has 0 saturated heterocycles. The van der Waals surface area contributed by atoms with Crippen molar-refractivity contribution in [3.8, 4) is 0 Å². The highest BCUT2D eigenvalue weighted by molar-refractivity contribution is 5.43. The second-order valence-corrected chi connectivity index (χ2v) is 4.42. The highest BCUT2D eigenvalue weighted by Gasteiger charge is 2.11. The van der Waals surface area contributed by atoms with Gasteiger partial charge in [0.2, 0.25) is 5.95 Å². The minimum Gasteiger partial charge on any atom is -0.357 e. The highest BCUT2D eigenvalue weighted by atomic mass is 19.1. The van der Waals surface area contributed by atoms with E-state index < -0.39 is 5.82 Å². The van der Waals surface area contributed by atoms with E-state index >= 15 is 0 Å². The van der Waals surface area contributed by atoms with Crippen molar-refractivity contribution in [2.45, 2.75) is 13.3 Å². The first kappa shape index (κ1) is 14.2. The van der Waals surface area contributed by atoms with Crippen molar-refractivity contribution in [2.75, 3.05) is 30.4 Å². The molecule has 6 heteroatoms. The minimum atomic E-state index is -0.413. The minimum absolute atomic E-state index is 0.310. The second kappa shape index (κ2) is 6.79. The largest absolute Gasteiger partial charge is 0.357 e. The molecule has 0 atom stereocenters. The summed E-state index contributed by atoms with van der Waals surface area (Å²) in [4.78, 5) is 13.9. The smallest absolute Gasteiger partial charge is 0.224 e. The van der Waals surface area contributed by atoms with Gasteiger partial charge in [0.15, 0.2) is 11.6 Å². The van der Waals surface area contributed by atoms with Crippen molar-refractivity contribution < 1.29 is 4.39 Å². The fraction of sp³-hybridized carbons (Fsp3) is 0.357. The maximum absolute atomic E-state index is 13.8. The fourth-order valence-electron chi connectivity index (χ4n) is 1.82. The maximum atomic E-state index is 13.8. The van der Waals surface area contributed by atoms with Gasteiger partial charge in [-0.25, -0.2) is 9.37 Å². The lowest BCUT2D eigenvalue weighted by Gasteiger charge is -2.19. The third-order valence-corrected chi connectivity index (χ3v) is 2.91. The predicted octanol–water partition coefficient (Wildman–Crippen LogP) is 2.12. The normalized spacial score (nSPS) is 10.3. The summed E-state index contributed by atoms with van der Waals surface area (Å²) in [5, 5.41) is 2.98. The van der Waals surface area contributed by atoms with Gasteiger partial charge in [-0.1, -0.05) is 0 Å². The van der Waals surface area contributed by atoms with Gasteiger partial charge < -0.3 is 10.2 Å². The van der Waals surface area contributed by atoms with Crippen LogP contribution in [0.3, 0.4) is 0 Å². The molecule has 0 unspecified atom stereocenters. The lowest BCUT2D eigenvalue weighted by molar-refractivity contribution is 0.607. The van der Waals surface area contributed by atoms with E-state index in [1.807, 2.05) is 26.1 Å². The molecule has 20 heavy (non-hydrogen) atoms. The Hall–Kier alpha value is -2.24. The standard InChI is InChI=1S/C14H18FN5/c1-3-17-14-18-10-12(15)13(19-14)20(2)9-6-11-4-7-16-8-5-11/h4-5,7-8,10H,3,6,9H2,1-2H3,(H,17,18,19). The van der Waals surface area contributed by atoms with Gasteiger partial charge >= 0.3 is 0 Å². The van der Waals surface area contributed by atoms with E-state index in [0.717, 1.165) is 12.0 Å². The van der Waals surface area contributed by atoms with Crippen molar-refractivity contribution >= 4 is 11.8 Å². The monoisotopic (exact) mass is 275 g/mol. The lowest BCUT2D eigenvalue weighted by Crippen LogP contribution is -2.23. The molecule has 0 saturated carbocycles. The van der Waals surface area contributed by atoms with E-state index in [1.54, 1.807) is 17.3 Å². The van der Waals surface area contributed by atoms with Gasteiger partial charge in [0, 0.05) is 32.5 Å². The van der Waals surface area contributed by atoms with Crippen LogP contribution in [0.4, 0.5) is 16.2 Å². The number of aromatic nitrogens is 3. The first-order valence-electron chi connectivity index (χ1n) is 6.57. The van der Waals surface area contributed by atoms with Crippen molar-refractivity contribution in [2.24, 2.45) is 0 Å². The number of pyridine rings is 1. The average Bonchev–Trinajstić information content (AvgIpc) is 2.48. The summed E-state index contributed by atoms with van der Waals surface area (Å²) >= 11 is 0. The number of likely N-dealkylation sites (N-methyl/N-ethyl adjacent to an activating group) is 1. The van der Waals surface area contributed by atoms with Crippen LogP contribution in [0, 0.1) is 5.82 Å². The van der Waals surface area contributed by atoms with Crippen molar-refractivity contribution in [1.82, 2.24) is 15.0 Å². The number of halogens is 1. The molecule has 5 nitrogen and oxygen atoms in total. The van der Waals surface area contributed by atoms with Gasteiger partial charge in [-0.3, -0.25) is 4.98 Å².